The molecule has 0 spiro atoms. The number of hydrogen-bond acceptors (Lipinski definition) is 3. The van der Waals surface area contributed by atoms with Crippen LogP contribution in [0.1, 0.15) is 56.7 Å². The van der Waals surface area contributed by atoms with Gasteiger partial charge >= 0.3 is 0 Å². The zero-order valence-electron chi connectivity index (χ0n) is 12.3. The molecule has 2 aliphatic rings. The number of aromatic nitrogens is 2. The Morgan fingerprint density at radius 1 is 1.35 bits per heavy atom. The van der Waals surface area contributed by atoms with Crippen LogP contribution < -0.4 is 0 Å². The van der Waals surface area contributed by atoms with Crippen LogP contribution >= 0.6 is 0 Å². The zero-order valence-corrected chi connectivity index (χ0v) is 12.3. The highest BCUT2D eigenvalue weighted by Gasteiger charge is 2.36. The predicted octanol–water partition coefficient (Wildman–Crippen LogP) is 2.92. The van der Waals surface area contributed by atoms with Crippen molar-refractivity contribution in [3.63, 3.8) is 0 Å². The Labute approximate surface area is 120 Å². The van der Waals surface area contributed by atoms with Crippen LogP contribution in [0.3, 0.4) is 0 Å². The Morgan fingerprint density at radius 3 is 2.75 bits per heavy atom. The SMILES string of the molecule is COC(C(=O)Cc1ccn(C2CCCCC2)n1)C1CC1. The molecule has 1 aromatic rings. The molecule has 0 aromatic carbocycles. The fourth-order valence-corrected chi connectivity index (χ4v) is 3.29. The van der Waals surface area contributed by atoms with Gasteiger partial charge in [-0.25, -0.2) is 0 Å². The summed E-state index contributed by atoms with van der Waals surface area (Å²) < 4.78 is 7.42. The van der Waals surface area contributed by atoms with Crippen molar-refractivity contribution in [2.24, 2.45) is 5.92 Å². The van der Waals surface area contributed by atoms with Crippen molar-refractivity contribution in [3.8, 4) is 0 Å². The molecule has 1 unspecified atom stereocenters. The molecule has 3 rings (SSSR count). The standard InChI is InChI=1S/C16H24N2O2/c1-20-16(12-7-8-12)15(19)11-13-9-10-18(17-13)14-5-3-2-4-6-14/h9-10,12,14,16H,2-8,11H2,1H3. The number of nitrogens with zero attached hydrogens (tertiary/aromatic N) is 2. The molecule has 2 saturated carbocycles. The van der Waals surface area contributed by atoms with E-state index in [2.05, 4.69) is 9.78 Å². The molecule has 0 N–H and O–H groups in total. The minimum absolute atomic E-state index is 0.184. The smallest absolute Gasteiger partial charge is 0.167 e. The fraction of sp³-hybridized carbons (Fsp3) is 0.750. The van der Waals surface area contributed by atoms with Gasteiger partial charge in [-0.1, -0.05) is 19.3 Å². The maximum Gasteiger partial charge on any atom is 0.167 e. The Hall–Kier alpha value is -1.16. The minimum atomic E-state index is -0.213. The van der Waals surface area contributed by atoms with Crippen molar-refractivity contribution < 1.29 is 9.53 Å². The quantitative estimate of drug-likeness (QED) is 0.802. The first-order valence-electron chi connectivity index (χ1n) is 7.87. The highest BCUT2D eigenvalue weighted by Crippen LogP contribution is 2.35. The van der Waals surface area contributed by atoms with Gasteiger partial charge in [-0.15, -0.1) is 0 Å². The van der Waals surface area contributed by atoms with Crippen molar-refractivity contribution >= 4 is 5.78 Å². The van der Waals surface area contributed by atoms with Crippen LogP contribution in [0, 0.1) is 5.92 Å². The van der Waals surface area contributed by atoms with E-state index in [1.165, 1.54) is 32.1 Å². The summed E-state index contributed by atoms with van der Waals surface area (Å²) in [4.78, 5) is 12.2. The van der Waals surface area contributed by atoms with Crippen molar-refractivity contribution in [3.05, 3.63) is 18.0 Å². The summed E-state index contributed by atoms with van der Waals surface area (Å²) in [7, 11) is 1.64. The highest BCUT2D eigenvalue weighted by atomic mass is 16.5. The normalized spacial score (nSPS) is 21.9. The number of Topliss-reactive ketones (excluding diaryl/α,β-unsaturated/α-hetero) is 1. The molecule has 4 heteroatoms. The van der Waals surface area contributed by atoms with E-state index in [4.69, 9.17) is 4.74 Å². The summed E-state index contributed by atoms with van der Waals surface area (Å²) in [5.41, 5.74) is 0.892. The van der Waals surface area contributed by atoms with Crippen LogP contribution in [0.4, 0.5) is 0 Å². The predicted molar refractivity (Wildman–Crippen MR) is 76.6 cm³/mol. The first kappa shape index (κ1) is 13.8. The minimum Gasteiger partial charge on any atom is -0.373 e. The molecule has 1 heterocycles. The molecule has 0 saturated heterocycles. The van der Waals surface area contributed by atoms with E-state index in [1.54, 1.807) is 7.11 Å². The monoisotopic (exact) mass is 276 g/mol. The van der Waals surface area contributed by atoms with Gasteiger partial charge in [0.25, 0.3) is 0 Å². The number of ether oxygens (including phenoxy) is 1. The lowest BCUT2D eigenvalue weighted by atomic mass is 9.96. The maximum atomic E-state index is 12.2. The van der Waals surface area contributed by atoms with Gasteiger partial charge in [0.2, 0.25) is 0 Å². The molecule has 4 nitrogen and oxygen atoms in total. The largest absolute Gasteiger partial charge is 0.373 e. The van der Waals surface area contributed by atoms with Crippen LogP contribution in [0.2, 0.25) is 0 Å². The first-order valence-corrected chi connectivity index (χ1v) is 7.87. The third kappa shape index (κ3) is 3.11. The van der Waals surface area contributed by atoms with Crippen LogP contribution in [-0.2, 0) is 16.0 Å². The van der Waals surface area contributed by atoms with Crippen LogP contribution in [0.15, 0.2) is 12.3 Å². The van der Waals surface area contributed by atoms with E-state index in [9.17, 15) is 4.79 Å². The second-order valence-corrected chi connectivity index (χ2v) is 6.22. The van der Waals surface area contributed by atoms with Crippen LogP contribution in [-0.4, -0.2) is 28.8 Å². The van der Waals surface area contributed by atoms with E-state index in [0.29, 0.717) is 18.4 Å². The number of methoxy groups -OCH3 is 1. The number of ketones is 1. The van der Waals surface area contributed by atoms with Gasteiger partial charge in [0.05, 0.1) is 18.2 Å². The summed E-state index contributed by atoms with van der Waals surface area (Å²) in [6.07, 6.45) is 10.9. The number of rotatable bonds is 6. The van der Waals surface area contributed by atoms with E-state index in [-0.39, 0.29) is 11.9 Å². The molecule has 110 valence electrons. The molecule has 1 atom stereocenters. The number of hydrogen-bond donors (Lipinski definition) is 0. The van der Waals surface area contributed by atoms with E-state index >= 15 is 0 Å². The summed E-state index contributed by atoms with van der Waals surface area (Å²) in [6, 6.07) is 2.53. The van der Waals surface area contributed by atoms with Crippen molar-refractivity contribution in [1.29, 1.82) is 0 Å². The van der Waals surface area contributed by atoms with Gasteiger partial charge in [-0.2, -0.15) is 5.10 Å². The van der Waals surface area contributed by atoms with Gasteiger partial charge in [0.1, 0.15) is 6.10 Å². The van der Waals surface area contributed by atoms with Gasteiger partial charge in [-0.3, -0.25) is 9.48 Å². The summed E-state index contributed by atoms with van der Waals surface area (Å²) in [6.45, 7) is 0. The van der Waals surface area contributed by atoms with Gasteiger partial charge < -0.3 is 4.74 Å². The summed E-state index contributed by atoms with van der Waals surface area (Å²) >= 11 is 0. The molecule has 2 aliphatic carbocycles. The van der Waals surface area contributed by atoms with Crippen molar-refractivity contribution in [2.75, 3.05) is 7.11 Å². The highest BCUT2D eigenvalue weighted by molar-refractivity contribution is 5.85. The van der Waals surface area contributed by atoms with Gasteiger partial charge in [0, 0.05) is 13.3 Å². The molecule has 20 heavy (non-hydrogen) atoms. The van der Waals surface area contributed by atoms with E-state index < -0.39 is 0 Å². The van der Waals surface area contributed by atoms with Gasteiger partial charge in [0.15, 0.2) is 5.78 Å². The molecule has 0 amide bonds. The third-order valence-electron chi connectivity index (χ3n) is 4.59. The van der Waals surface area contributed by atoms with Gasteiger partial charge in [-0.05, 0) is 37.7 Å². The molecule has 2 fully saturated rings. The summed E-state index contributed by atoms with van der Waals surface area (Å²) in [5.74, 6) is 0.636. The molecular formula is C16H24N2O2. The lowest BCUT2D eigenvalue weighted by Gasteiger charge is -2.21. The second-order valence-electron chi connectivity index (χ2n) is 6.22. The van der Waals surface area contributed by atoms with E-state index in [1.807, 2.05) is 12.3 Å². The topological polar surface area (TPSA) is 44.1 Å². The fourth-order valence-electron chi connectivity index (χ4n) is 3.29. The second kappa shape index (κ2) is 6.08. The Bertz CT molecular complexity index is 459. The number of carbonyl (C=O) groups is 1. The lowest BCUT2D eigenvalue weighted by Crippen LogP contribution is -2.27. The average molecular weight is 276 g/mol. The molecule has 0 aliphatic heterocycles. The zero-order chi connectivity index (χ0) is 13.9. The van der Waals surface area contributed by atoms with Crippen molar-refractivity contribution in [1.82, 2.24) is 9.78 Å². The first-order chi connectivity index (χ1) is 9.78. The number of carbonyl (C=O) groups excluding carboxylic acids is 1. The Balaban J connectivity index is 1.60. The van der Waals surface area contributed by atoms with Crippen molar-refractivity contribution in [2.45, 2.75) is 63.5 Å². The molecule has 1 aromatic heterocycles. The average Bonchev–Trinajstić information content (AvgIpc) is 3.19. The Morgan fingerprint density at radius 2 is 2.10 bits per heavy atom. The van der Waals surface area contributed by atoms with E-state index in [0.717, 1.165) is 18.5 Å². The van der Waals surface area contributed by atoms with Crippen LogP contribution in [0.25, 0.3) is 0 Å². The molecular weight excluding hydrogens is 252 g/mol. The summed E-state index contributed by atoms with van der Waals surface area (Å²) in [5, 5.41) is 4.61. The third-order valence-corrected chi connectivity index (χ3v) is 4.59. The Kier molecular flexibility index (Phi) is 4.20. The maximum absolute atomic E-state index is 12.2. The van der Waals surface area contributed by atoms with Crippen LogP contribution in [0.5, 0.6) is 0 Å². The lowest BCUT2D eigenvalue weighted by molar-refractivity contribution is -0.129. The molecule has 0 radical (unpaired) electrons. The molecule has 0 bridgehead atoms.